The van der Waals surface area contributed by atoms with Crippen LogP contribution in [-0.2, 0) is 23.8 Å². The van der Waals surface area contributed by atoms with Gasteiger partial charge in [-0.05, 0) is 132 Å². The number of hydrogen-bond acceptors (Lipinski definition) is 6. The molecule has 0 amide bonds. The van der Waals surface area contributed by atoms with Crippen LogP contribution in [0.4, 0.5) is 0 Å². The van der Waals surface area contributed by atoms with E-state index in [4.69, 9.17) is 14.2 Å². The van der Waals surface area contributed by atoms with Gasteiger partial charge < -0.3 is 19.3 Å². The van der Waals surface area contributed by atoms with Gasteiger partial charge >= 0.3 is 11.9 Å². The van der Waals surface area contributed by atoms with Gasteiger partial charge in [0.25, 0.3) is 0 Å². The average Bonchev–Trinajstić information content (AvgIpc) is 3.50. The first-order chi connectivity index (χ1) is 25.8. The number of methoxy groups -OCH3 is 1. The maximum absolute atomic E-state index is 13.8. The number of esters is 2. The Kier molecular flexibility index (Phi) is 16.3. The third kappa shape index (κ3) is 10.4. The lowest BCUT2D eigenvalue weighted by molar-refractivity contribution is -0.253. The minimum Gasteiger partial charge on any atom is -0.462 e. The normalized spacial score (nSPS) is 35.3. The minimum absolute atomic E-state index is 0.0157. The van der Waals surface area contributed by atoms with Crippen molar-refractivity contribution in [3.05, 3.63) is 0 Å². The Morgan fingerprint density at radius 3 is 1.78 bits per heavy atom. The quantitative estimate of drug-likeness (QED) is 0.0871. The van der Waals surface area contributed by atoms with E-state index < -0.39 is 5.60 Å². The summed E-state index contributed by atoms with van der Waals surface area (Å²) in [6.07, 6.45) is 24.2. The molecule has 4 aliphatic rings. The Morgan fingerprint density at radius 1 is 0.655 bits per heavy atom. The molecule has 0 radical (unpaired) electrons. The Bertz CT molecular complexity index is 1220. The van der Waals surface area contributed by atoms with Crippen molar-refractivity contribution in [2.24, 2.45) is 45.3 Å². The predicted octanol–water partition coefficient (Wildman–Crippen LogP) is 13.0. The molecule has 320 valence electrons. The number of hydrogen-bond donors (Lipinski definition) is 1. The first-order valence-corrected chi connectivity index (χ1v) is 23.5. The summed E-state index contributed by atoms with van der Waals surface area (Å²) in [5, 5.41) is 12.4. The highest BCUT2D eigenvalue weighted by molar-refractivity contribution is 5.70. The summed E-state index contributed by atoms with van der Waals surface area (Å²) in [7, 11) is 1.77. The van der Waals surface area contributed by atoms with Crippen LogP contribution >= 0.6 is 0 Å². The molecule has 0 saturated heterocycles. The summed E-state index contributed by atoms with van der Waals surface area (Å²) in [6, 6.07) is 0. The topological polar surface area (TPSA) is 82.1 Å². The third-order valence-electron chi connectivity index (χ3n) is 17.1. The summed E-state index contributed by atoms with van der Waals surface area (Å²) < 4.78 is 18.9. The van der Waals surface area contributed by atoms with Crippen LogP contribution in [0.2, 0.25) is 0 Å². The molecule has 4 aliphatic carbocycles. The van der Waals surface area contributed by atoms with Gasteiger partial charge in [0.15, 0.2) is 0 Å². The second-order valence-electron chi connectivity index (χ2n) is 21.5. The van der Waals surface area contributed by atoms with E-state index in [2.05, 4.69) is 69.2 Å². The van der Waals surface area contributed by atoms with Crippen molar-refractivity contribution in [2.75, 3.05) is 7.11 Å². The highest BCUT2D eigenvalue weighted by atomic mass is 16.5. The molecule has 55 heavy (non-hydrogen) atoms. The smallest absolute Gasteiger partial charge is 0.306 e. The van der Waals surface area contributed by atoms with Crippen LogP contribution in [0.1, 0.15) is 223 Å². The van der Waals surface area contributed by atoms with Crippen molar-refractivity contribution in [1.29, 1.82) is 0 Å². The number of unbranched alkanes of at least 4 members (excludes halogenated alkanes) is 10. The molecule has 0 aliphatic heterocycles. The van der Waals surface area contributed by atoms with E-state index in [9.17, 15) is 14.7 Å². The second-order valence-corrected chi connectivity index (χ2v) is 21.5. The monoisotopic (exact) mass is 773 g/mol. The zero-order valence-electron chi connectivity index (χ0n) is 37.9. The molecule has 0 aromatic heterocycles. The molecule has 0 aromatic carbocycles. The van der Waals surface area contributed by atoms with E-state index in [0.717, 1.165) is 89.9 Å². The molecular weight excluding hydrogens is 685 g/mol. The van der Waals surface area contributed by atoms with Crippen LogP contribution in [0.15, 0.2) is 0 Å². The zero-order chi connectivity index (χ0) is 40.7. The highest BCUT2D eigenvalue weighted by Gasteiger charge is 2.72. The Morgan fingerprint density at radius 2 is 1.20 bits per heavy atom. The fraction of sp³-hybridized carbons (Fsp3) is 0.959. The first kappa shape index (κ1) is 46.5. The fourth-order valence-corrected chi connectivity index (χ4v) is 13.4. The highest BCUT2D eigenvalue weighted by Crippen LogP contribution is 2.76. The number of ether oxygens (including phenoxy) is 3. The molecule has 0 spiro atoms. The molecule has 4 rings (SSSR count). The number of carbonyl (C=O) groups excluding carboxylic acids is 2. The average molecular weight is 773 g/mol. The number of rotatable bonds is 22. The molecule has 6 heteroatoms. The van der Waals surface area contributed by atoms with Gasteiger partial charge in [0.1, 0.15) is 12.2 Å². The molecule has 1 N–H and O–H groups in total. The standard InChI is InChI=1S/C49H88O6/c1-12-14-16-18-20-22-25-41(50)54-37-35-39-46(7)32-29-40(55-42(51)26-23-21-19-17-15-13-2)45(5,6)38(46)28-34-47(39,8)48(9)33-27-36(43(37)48)49(10,52)31-24-30-44(3,4)53-11/h36-40,43,52H,12-35H2,1-11H3/t36-,37+,38-,39+,40-,43-,46-,47+,48+,49+/m0/s1. The lowest BCUT2D eigenvalue weighted by Gasteiger charge is -2.70. The Labute approximate surface area is 339 Å². The molecular formula is C49H88O6. The van der Waals surface area contributed by atoms with Crippen molar-refractivity contribution in [1.82, 2.24) is 0 Å². The van der Waals surface area contributed by atoms with E-state index >= 15 is 0 Å². The molecule has 4 saturated carbocycles. The van der Waals surface area contributed by atoms with Crippen molar-refractivity contribution in [3.8, 4) is 0 Å². The van der Waals surface area contributed by atoms with E-state index in [-0.39, 0.29) is 63.2 Å². The van der Waals surface area contributed by atoms with Gasteiger partial charge in [0.2, 0.25) is 0 Å². The van der Waals surface area contributed by atoms with Crippen LogP contribution < -0.4 is 0 Å². The predicted molar refractivity (Wildman–Crippen MR) is 226 cm³/mol. The van der Waals surface area contributed by atoms with Gasteiger partial charge in [0, 0.05) is 31.3 Å². The number of carbonyl (C=O) groups is 2. The Balaban J connectivity index is 1.56. The van der Waals surface area contributed by atoms with E-state index in [0.29, 0.717) is 24.7 Å². The van der Waals surface area contributed by atoms with Crippen LogP contribution in [0, 0.1) is 45.3 Å². The molecule has 0 aromatic rings. The minimum atomic E-state index is -0.847. The fourth-order valence-electron chi connectivity index (χ4n) is 13.4. The van der Waals surface area contributed by atoms with Crippen molar-refractivity contribution in [3.63, 3.8) is 0 Å². The second kappa shape index (κ2) is 19.3. The lowest BCUT2D eigenvalue weighted by Crippen LogP contribution is -2.67. The van der Waals surface area contributed by atoms with Crippen LogP contribution in [0.5, 0.6) is 0 Å². The summed E-state index contributed by atoms with van der Waals surface area (Å²) >= 11 is 0. The lowest BCUT2D eigenvalue weighted by atomic mass is 9.35. The van der Waals surface area contributed by atoms with Gasteiger partial charge in [-0.1, -0.05) is 113 Å². The van der Waals surface area contributed by atoms with Gasteiger partial charge in [-0.2, -0.15) is 0 Å². The summed E-state index contributed by atoms with van der Waals surface area (Å²) in [4.78, 5) is 27.0. The largest absolute Gasteiger partial charge is 0.462 e. The van der Waals surface area contributed by atoms with Crippen molar-refractivity contribution < 1.29 is 28.9 Å². The molecule has 0 unspecified atom stereocenters. The molecule has 0 heterocycles. The van der Waals surface area contributed by atoms with Crippen LogP contribution in [-0.4, -0.2) is 47.6 Å². The van der Waals surface area contributed by atoms with Gasteiger partial charge in [-0.15, -0.1) is 0 Å². The first-order valence-electron chi connectivity index (χ1n) is 23.5. The number of aliphatic hydroxyl groups is 1. The zero-order valence-corrected chi connectivity index (χ0v) is 37.9. The molecule has 0 bridgehead atoms. The maximum atomic E-state index is 13.8. The maximum Gasteiger partial charge on any atom is 0.306 e. The molecule has 10 atom stereocenters. The van der Waals surface area contributed by atoms with E-state index in [1.54, 1.807) is 7.11 Å². The number of fused-ring (bicyclic) bond motifs is 5. The van der Waals surface area contributed by atoms with Crippen LogP contribution in [0.25, 0.3) is 0 Å². The van der Waals surface area contributed by atoms with Crippen molar-refractivity contribution in [2.45, 2.75) is 247 Å². The SMILES string of the molecule is CCCCCCCCC(=O)O[C@H]1CC[C@]2(C)[C@H]3C[C@@H](OC(=O)CCCCCCCC)[C@@H]4[C@@H]([C@](C)(O)CCCC(C)(C)OC)CC[C@@]4(C)[C@]3(C)CC[C@H]2C1(C)C. The molecule has 6 nitrogen and oxygen atoms in total. The molecule has 4 fully saturated rings. The van der Waals surface area contributed by atoms with Gasteiger partial charge in [0.05, 0.1) is 11.2 Å². The summed E-state index contributed by atoms with van der Waals surface area (Å²) in [6.45, 7) is 23.2. The Hall–Kier alpha value is -1.14. The van der Waals surface area contributed by atoms with Gasteiger partial charge in [-0.25, -0.2) is 0 Å². The summed E-state index contributed by atoms with van der Waals surface area (Å²) in [5.41, 5.74) is -1.15. The third-order valence-corrected chi connectivity index (χ3v) is 17.1. The van der Waals surface area contributed by atoms with Gasteiger partial charge in [-0.3, -0.25) is 9.59 Å². The van der Waals surface area contributed by atoms with E-state index in [1.807, 2.05) is 0 Å². The van der Waals surface area contributed by atoms with Crippen LogP contribution in [0.3, 0.4) is 0 Å². The summed E-state index contributed by atoms with van der Waals surface area (Å²) in [5.74, 6) is 0.951. The van der Waals surface area contributed by atoms with Crippen molar-refractivity contribution >= 4 is 11.9 Å². The van der Waals surface area contributed by atoms with E-state index in [1.165, 1.54) is 51.4 Å².